The van der Waals surface area contributed by atoms with Crippen LogP contribution in [0.3, 0.4) is 0 Å². The Morgan fingerprint density at radius 2 is 1.66 bits per heavy atom. The molecular formula is C27H17N3O2. The molecular weight excluding hydrogens is 398 g/mol. The smallest absolute Gasteiger partial charge is 0.335 e. The number of carbonyl (C=O) groups is 1. The predicted molar refractivity (Wildman–Crippen MR) is 125 cm³/mol. The highest BCUT2D eigenvalue weighted by molar-refractivity contribution is 5.90. The lowest BCUT2D eigenvalue weighted by atomic mass is 10.0. The molecule has 1 N–H and O–H groups in total. The molecule has 2 heterocycles. The van der Waals surface area contributed by atoms with Gasteiger partial charge in [0, 0.05) is 0 Å². The molecule has 152 valence electrons. The van der Waals surface area contributed by atoms with Gasteiger partial charge in [-0.25, -0.2) is 9.78 Å². The molecule has 0 aliphatic carbocycles. The highest BCUT2D eigenvalue weighted by atomic mass is 16.4. The monoisotopic (exact) mass is 415 g/mol. The van der Waals surface area contributed by atoms with Crippen molar-refractivity contribution in [3.63, 3.8) is 0 Å². The molecule has 2 aromatic heterocycles. The van der Waals surface area contributed by atoms with Gasteiger partial charge in [0.15, 0.2) is 5.65 Å². The fraction of sp³-hybridized carbons (Fsp3) is 0. The van der Waals surface area contributed by atoms with E-state index in [4.69, 9.17) is 10.1 Å². The molecule has 0 spiro atoms. The van der Waals surface area contributed by atoms with Gasteiger partial charge >= 0.3 is 5.97 Å². The van der Waals surface area contributed by atoms with E-state index in [0.717, 1.165) is 33.4 Å². The molecule has 0 aliphatic rings. The van der Waals surface area contributed by atoms with Crippen LogP contribution in [0.5, 0.6) is 0 Å². The summed E-state index contributed by atoms with van der Waals surface area (Å²) in [6.07, 6.45) is 3.75. The number of pyridine rings is 1. The number of imidazole rings is 1. The number of hydrogen-bond donors (Lipinski definition) is 1. The Bertz CT molecular complexity index is 1540. The van der Waals surface area contributed by atoms with Crippen LogP contribution in [-0.2, 0) is 0 Å². The molecule has 0 saturated carbocycles. The van der Waals surface area contributed by atoms with E-state index in [9.17, 15) is 10.1 Å². The van der Waals surface area contributed by atoms with Crippen LogP contribution in [0.15, 0.2) is 84.9 Å². The third kappa shape index (κ3) is 3.30. The molecule has 0 saturated heterocycles. The lowest BCUT2D eigenvalue weighted by Crippen LogP contribution is -1.98. The van der Waals surface area contributed by atoms with Gasteiger partial charge in [-0.05, 0) is 47.0 Å². The number of nitrogens with zero attached hydrogens (tertiary/aromatic N) is 3. The van der Waals surface area contributed by atoms with Gasteiger partial charge in [0.1, 0.15) is 11.6 Å². The molecule has 0 atom stereocenters. The van der Waals surface area contributed by atoms with Gasteiger partial charge in [-0.3, -0.25) is 4.40 Å². The van der Waals surface area contributed by atoms with Gasteiger partial charge in [0.25, 0.3) is 0 Å². The van der Waals surface area contributed by atoms with Gasteiger partial charge in [-0.15, -0.1) is 0 Å². The van der Waals surface area contributed by atoms with Crippen LogP contribution in [0.2, 0.25) is 0 Å². The normalized spacial score (nSPS) is 11.2. The minimum Gasteiger partial charge on any atom is -0.478 e. The van der Waals surface area contributed by atoms with E-state index in [2.05, 4.69) is 6.07 Å². The number of aromatic nitrogens is 2. The number of para-hydroxylation sites is 2. The minimum atomic E-state index is -0.961. The van der Waals surface area contributed by atoms with Crippen LogP contribution < -0.4 is 0 Å². The predicted octanol–water partition coefficient (Wildman–Crippen LogP) is 5.89. The Morgan fingerprint density at radius 3 is 2.38 bits per heavy atom. The molecule has 0 amide bonds. The summed E-state index contributed by atoms with van der Waals surface area (Å²) in [5.74, 6) is -0.961. The van der Waals surface area contributed by atoms with Crippen molar-refractivity contribution in [1.29, 1.82) is 5.26 Å². The molecule has 0 aliphatic heterocycles. The van der Waals surface area contributed by atoms with E-state index in [1.165, 1.54) is 0 Å². The number of aromatic carboxylic acids is 1. The van der Waals surface area contributed by atoms with Crippen LogP contribution >= 0.6 is 0 Å². The van der Waals surface area contributed by atoms with Crippen molar-refractivity contribution in [2.45, 2.75) is 0 Å². The molecule has 32 heavy (non-hydrogen) atoms. The summed E-state index contributed by atoms with van der Waals surface area (Å²) in [5, 5.41) is 19.1. The molecule has 0 radical (unpaired) electrons. The number of hydrogen-bond acceptors (Lipinski definition) is 3. The van der Waals surface area contributed by atoms with E-state index >= 15 is 0 Å². The summed E-state index contributed by atoms with van der Waals surface area (Å²) in [4.78, 5) is 15.8. The lowest BCUT2D eigenvalue weighted by molar-refractivity contribution is 0.0697. The summed E-state index contributed by atoms with van der Waals surface area (Å²) in [6, 6.07) is 28.8. The molecule has 0 unspecified atom stereocenters. The fourth-order valence-corrected chi connectivity index (χ4v) is 3.84. The second kappa shape index (κ2) is 7.86. The summed E-state index contributed by atoms with van der Waals surface area (Å²) in [6.45, 7) is 0. The van der Waals surface area contributed by atoms with Gasteiger partial charge < -0.3 is 5.11 Å². The van der Waals surface area contributed by atoms with Crippen molar-refractivity contribution in [1.82, 2.24) is 9.38 Å². The summed E-state index contributed by atoms with van der Waals surface area (Å²) >= 11 is 0. The van der Waals surface area contributed by atoms with E-state index in [-0.39, 0.29) is 5.56 Å². The first-order valence-corrected chi connectivity index (χ1v) is 10.1. The highest BCUT2D eigenvalue weighted by Crippen LogP contribution is 2.31. The maximum atomic E-state index is 11.1. The first kappa shape index (κ1) is 19.3. The number of carboxylic acid groups (broad SMARTS) is 1. The number of benzene rings is 3. The van der Waals surface area contributed by atoms with Crippen molar-refractivity contribution in [2.75, 3.05) is 0 Å². The Labute approximate surface area is 184 Å². The second-order valence-electron chi connectivity index (χ2n) is 7.36. The maximum Gasteiger partial charge on any atom is 0.335 e. The molecule has 5 rings (SSSR count). The average Bonchev–Trinajstić information content (AvgIpc) is 3.22. The standard InChI is InChI=1S/C27H17N3O2/c28-17-22-21(15-12-18-10-13-20(14-11-18)27(31)32)16-25(19-6-2-1-3-7-19)30-24-9-5-4-8-23(24)29-26(22)30/h1-16H,(H,31,32). The lowest BCUT2D eigenvalue weighted by Gasteiger charge is -2.11. The molecule has 5 heteroatoms. The molecule has 0 fully saturated rings. The van der Waals surface area contributed by atoms with Crippen molar-refractivity contribution in [2.24, 2.45) is 0 Å². The Kier molecular flexibility index (Phi) is 4.74. The zero-order valence-corrected chi connectivity index (χ0v) is 16.9. The summed E-state index contributed by atoms with van der Waals surface area (Å²) in [7, 11) is 0. The van der Waals surface area contributed by atoms with Crippen molar-refractivity contribution < 1.29 is 9.90 Å². The quantitative estimate of drug-likeness (QED) is 0.397. The van der Waals surface area contributed by atoms with Crippen molar-refractivity contribution >= 4 is 34.8 Å². The van der Waals surface area contributed by atoms with Gasteiger partial charge in [-0.1, -0.05) is 66.7 Å². The average molecular weight is 415 g/mol. The first-order chi connectivity index (χ1) is 15.7. The first-order valence-electron chi connectivity index (χ1n) is 10.1. The van der Waals surface area contributed by atoms with Crippen LogP contribution in [-0.4, -0.2) is 20.5 Å². The number of fused-ring (bicyclic) bond motifs is 3. The minimum absolute atomic E-state index is 0.233. The van der Waals surface area contributed by atoms with Gasteiger partial charge in [0.05, 0.1) is 22.3 Å². The van der Waals surface area contributed by atoms with Crippen LogP contribution in [0.1, 0.15) is 27.0 Å². The Balaban J connectivity index is 1.73. The highest BCUT2D eigenvalue weighted by Gasteiger charge is 2.16. The van der Waals surface area contributed by atoms with Crippen molar-refractivity contribution in [3.8, 4) is 17.3 Å². The molecule has 3 aromatic carbocycles. The van der Waals surface area contributed by atoms with Gasteiger partial charge in [-0.2, -0.15) is 5.26 Å². The maximum absolute atomic E-state index is 11.1. The fourth-order valence-electron chi connectivity index (χ4n) is 3.84. The largest absolute Gasteiger partial charge is 0.478 e. The number of carboxylic acids is 1. The van der Waals surface area contributed by atoms with E-state index in [1.54, 1.807) is 24.3 Å². The van der Waals surface area contributed by atoms with E-state index in [0.29, 0.717) is 11.2 Å². The van der Waals surface area contributed by atoms with Crippen LogP contribution in [0.4, 0.5) is 0 Å². The van der Waals surface area contributed by atoms with Gasteiger partial charge in [0.2, 0.25) is 0 Å². The molecule has 5 aromatic rings. The Hall–Kier alpha value is -4.69. The summed E-state index contributed by atoms with van der Waals surface area (Å²) < 4.78 is 2.03. The van der Waals surface area contributed by atoms with Crippen molar-refractivity contribution in [3.05, 3.63) is 107 Å². The Morgan fingerprint density at radius 1 is 0.938 bits per heavy atom. The third-order valence-electron chi connectivity index (χ3n) is 5.40. The molecule has 0 bridgehead atoms. The number of nitriles is 1. The van der Waals surface area contributed by atoms with Crippen LogP contribution in [0, 0.1) is 11.3 Å². The van der Waals surface area contributed by atoms with Crippen LogP contribution in [0.25, 0.3) is 40.1 Å². The zero-order valence-electron chi connectivity index (χ0n) is 16.9. The van der Waals surface area contributed by atoms with E-state index in [1.807, 2.05) is 77.2 Å². The topological polar surface area (TPSA) is 78.4 Å². The SMILES string of the molecule is N#Cc1c(C=Cc2ccc(C(=O)O)cc2)cc(-c2ccccc2)n2c1nc1ccccc12. The number of rotatable bonds is 4. The summed E-state index contributed by atoms with van der Waals surface area (Å²) in [5.41, 5.74) is 6.64. The third-order valence-corrected chi connectivity index (χ3v) is 5.40. The second-order valence-corrected chi connectivity index (χ2v) is 7.36. The zero-order chi connectivity index (χ0) is 22.1. The van der Waals surface area contributed by atoms with E-state index < -0.39 is 5.97 Å². The molecule has 5 nitrogen and oxygen atoms in total.